The number of fused-ring (bicyclic) bond motifs is 2. The topological polar surface area (TPSA) is 379 Å². The molecule has 7 rings (SSSR count). The van der Waals surface area contributed by atoms with Gasteiger partial charge in [0.05, 0.1) is 12.4 Å². The van der Waals surface area contributed by atoms with Crippen LogP contribution in [0.1, 0.15) is 66.8 Å². The number of aromatic nitrogens is 4. The van der Waals surface area contributed by atoms with E-state index in [0.717, 1.165) is 21.8 Å². The number of aromatic hydroxyl groups is 1. The highest BCUT2D eigenvalue weighted by Gasteiger charge is 2.34. The summed E-state index contributed by atoms with van der Waals surface area (Å²) in [5, 5.41) is 30.4. The van der Waals surface area contributed by atoms with Crippen LogP contribution in [0.3, 0.4) is 0 Å². The molecule has 17 N–H and O–H groups in total. The number of imidazole rings is 1. The lowest BCUT2D eigenvalue weighted by atomic mass is 10.0. The summed E-state index contributed by atoms with van der Waals surface area (Å²) < 4.78 is 0. The summed E-state index contributed by atoms with van der Waals surface area (Å²) in [6.45, 7) is 5.04. The van der Waals surface area contributed by atoms with Crippen LogP contribution in [0.25, 0.3) is 21.8 Å². The number of hydrogen-bond donors (Lipinski definition) is 14. The first-order valence-electron chi connectivity index (χ1n) is 27.1. The lowest BCUT2D eigenvalue weighted by Crippen LogP contribution is -2.60. The largest absolute Gasteiger partial charge is 0.508 e. The maximum Gasteiger partial charge on any atom is 0.243 e. The summed E-state index contributed by atoms with van der Waals surface area (Å²) in [4.78, 5) is 126. The number of para-hydroxylation sites is 2. The van der Waals surface area contributed by atoms with E-state index in [9.17, 15) is 43.5 Å². The van der Waals surface area contributed by atoms with Crippen LogP contribution in [-0.4, -0.2) is 127 Å². The minimum atomic E-state index is -1.38. The second-order valence-electron chi connectivity index (χ2n) is 20.4. The van der Waals surface area contributed by atoms with Crippen LogP contribution < -0.4 is 54.4 Å². The Morgan fingerprint density at radius 3 is 1.70 bits per heavy atom. The fraction of sp³-hybridized carbons (Fsp3) is 0.339. The molecule has 4 aromatic carbocycles. The Hall–Kier alpha value is -9.35. The Morgan fingerprint density at radius 1 is 0.549 bits per heavy atom. The quantitative estimate of drug-likeness (QED) is 0.0295. The number of rotatable bonds is 29. The van der Waals surface area contributed by atoms with Crippen molar-refractivity contribution in [3.8, 4) is 5.75 Å². The number of phenolic OH excluding ortho intramolecular Hbond substituents is 1. The number of hydrogen-bond acceptors (Lipinski definition) is 12. The Bertz CT molecular complexity index is 3330. The monoisotopic (exact) mass is 1120 g/mol. The molecule has 0 saturated carbocycles. The summed E-state index contributed by atoms with van der Waals surface area (Å²) >= 11 is 0. The molecule has 0 aliphatic heterocycles. The van der Waals surface area contributed by atoms with Crippen LogP contribution in [0.15, 0.2) is 122 Å². The minimum Gasteiger partial charge on any atom is -0.508 e. The molecule has 0 unspecified atom stereocenters. The molecular formula is C59H72N14O9. The maximum atomic E-state index is 14.7. The van der Waals surface area contributed by atoms with Gasteiger partial charge in [-0.1, -0.05) is 78.9 Å². The van der Waals surface area contributed by atoms with Gasteiger partial charge in [0.2, 0.25) is 47.3 Å². The molecule has 23 nitrogen and oxygen atoms in total. The van der Waals surface area contributed by atoms with Crippen molar-refractivity contribution in [2.75, 3.05) is 6.54 Å². The van der Waals surface area contributed by atoms with Gasteiger partial charge >= 0.3 is 0 Å². The fourth-order valence-corrected chi connectivity index (χ4v) is 9.56. The van der Waals surface area contributed by atoms with Crippen LogP contribution in [0, 0.1) is 6.92 Å². The molecule has 0 aliphatic carbocycles. The molecule has 0 fully saturated rings. The molecule has 3 heterocycles. The second-order valence-corrected chi connectivity index (χ2v) is 20.4. The third-order valence-corrected chi connectivity index (χ3v) is 14.2. The normalized spacial score (nSPS) is 14.2. The molecule has 7 aromatic rings. The number of phenols is 1. The number of primary amides is 1. The lowest BCUT2D eigenvalue weighted by molar-refractivity contribution is -0.135. The third kappa shape index (κ3) is 16.6. The molecule has 3 aromatic heterocycles. The van der Waals surface area contributed by atoms with Gasteiger partial charge in [-0.15, -0.1) is 0 Å². The van der Waals surface area contributed by atoms with E-state index in [1.807, 2.05) is 55.5 Å². The van der Waals surface area contributed by atoms with Crippen molar-refractivity contribution in [3.05, 3.63) is 155 Å². The van der Waals surface area contributed by atoms with E-state index >= 15 is 0 Å². The van der Waals surface area contributed by atoms with Gasteiger partial charge in [-0.2, -0.15) is 0 Å². The highest BCUT2D eigenvalue weighted by atomic mass is 16.3. The fourth-order valence-electron chi connectivity index (χ4n) is 9.56. The van der Waals surface area contributed by atoms with Crippen molar-refractivity contribution in [1.82, 2.24) is 57.2 Å². The molecule has 0 spiro atoms. The molecule has 0 radical (unpaired) electrons. The first-order valence-corrected chi connectivity index (χ1v) is 27.1. The Kier molecular flexibility index (Phi) is 21.1. The SMILES string of the molecule is Cc1[nH]c2ccccc2c1C[C@@H](NC(=O)[C@H](Cc1cnc[nH]1)NC(=O)[C@H](C)NC(=O)[C@@H](N)Cc1ccc(O)cc1)C(=O)N[C@@H](C)C(=O)N[C@@H](Cc1c[nH]c2ccccc12)C(=O)N[C@H](Cc1ccccc1)C(=O)N[C@@H](CCCCN)C(N)=O. The molecule has 432 valence electrons. The second kappa shape index (κ2) is 28.7. The standard InChI is InChI=1S/C59H72N14O9/c1-33-43(42-16-8-10-18-46(42)66-33)29-51(73-59(82)50(28-39-31-63-32-65-39)71-53(76)34(2)67-55(78)44(61)25-37-20-22-40(74)23-21-37)56(79)68-35(3)54(77)70-49(27-38-30-64-45-17-9-7-15-41(38)45)58(81)72-48(26-36-13-5-4-6-14-36)57(80)69-47(52(62)75)19-11-12-24-60/h4-10,13-18,20-23,30-32,34-35,44,47-51,64,66,74H,11-12,19,24-29,60-61H2,1-3H3,(H2,62,75)(H,63,65)(H,67,78)(H,68,79)(H,69,80)(H,70,77)(H,71,76)(H,72,81)(H,73,82)/t34-,35-,44-,47-,48+,49-,50-,51+/m0/s1. The van der Waals surface area contributed by atoms with Crippen LogP contribution in [0.2, 0.25) is 0 Å². The summed E-state index contributed by atoms with van der Waals surface area (Å²) in [6.07, 6.45) is 5.76. The molecule has 82 heavy (non-hydrogen) atoms. The predicted molar refractivity (Wildman–Crippen MR) is 308 cm³/mol. The smallest absolute Gasteiger partial charge is 0.243 e. The van der Waals surface area contributed by atoms with Gasteiger partial charge < -0.3 is 74.5 Å². The number of aryl methyl sites for hydroxylation is 1. The Morgan fingerprint density at radius 2 is 1.07 bits per heavy atom. The van der Waals surface area contributed by atoms with Gasteiger partial charge in [0.25, 0.3) is 0 Å². The van der Waals surface area contributed by atoms with Gasteiger partial charge in [0.15, 0.2) is 0 Å². The number of benzene rings is 4. The van der Waals surface area contributed by atoms with E-state index in [4.69, 9.17) is 17.2 Å². The van der Waals surface area contributed by atoms with Crippen LogP contribution in [0.5, 0.6) is 5.75 Å². The molecule has 0 saturated heterocycles. The van der Waals surface area contributed by atoms with Crippen molar-refractivity contribution in [2.24, 2.45) is 17.2 Å². The maximum absolute atomic E-state index is 14.7. The highest BCUT2D eigenvalue weighted by Crippen LogP contribution is 2.24. The van der Waals surface area contributed by atoms with Gasteiger partial charge in [0, 0.05) is 71.3 Å². The first kappa shape index (κ1) is 60.3. The van der Waals surface area contributed by atoms with Crippen molar-refractivity contribution >= 4 is 69.1 Å². The number of H-pyrrole nitrogens is 3. The van der Waals surface area contributed by atoms with E-state index in [-0.39, 0.29) is 44.3 Å². The average molecular weight is 1120 g/mol. The zero-order chi connectivity index (χ0) is 58.9. The Labute approximate surface area is 473 Å². The summed E-state index contributed by atoms with van der Waals surface area (Å²) in [5.74, 6) is -5.88. The number of unbranched alkanes of at least 4 members (excludes halogenated alkanes) is 1. The van der Waals surface area contributed by atoms with E-state index in [1.165, 1.54) is 38.5 Å². The third-order valence-electron chi connectivity index (χ3n) is 14.2. The van der Waals surface area contributed by atoms with Crippen LogP contribution >= 0.6 is 0 Å². The molecule has 8 atom stereocenters. The zero-order valence-corrected chi connectivity index (χ0v) is 45.9. The number of nitrogens with zero attached hydrogens (tertiary/aromatic N) is 1. The molecular weight excluding hydrogens is 1050 g/mol. The number of carbonyl (C=O) groups excluding carboxylic acids is 8. The lowest BCUT2D eigenvalue weighted by Gasteiger charge is -2.27. The average Bonchev–Trinajstić information content (AvgIpc) is 4.43. The van der Waals surface area contributed by atoms with Crippen molar-refractivity contribution in [2.45, 2.75) is 120 Å². The van der Waals surface area contributed by atoms with Gasteiger partial charge in [-0.05, 0) is 99.5 Å². The number of carbonyl (C=O) groups is 8. The number of nitrogens with one attached hydrogen (secondary N) is 10. The van der Waals surface area contributed by atoms with E-state index < -0.39 is 95.6 Å². The van der Waals surface area contributed by atoms with E-state index in [2.05, 4.69) is 57.2 Å². The molecule has 8 amide bonds. The van der Waals surface area contributed by atoms with Crippen molar-refractivity contribution in [3.63, 3.8) is 0 Å². The van der Waals surface area contributed by atoms with Crippen LogP contribution in [-0.2, 0) is 70.5 Å². The van der Waals surface area contributed by atoms with Gasteiger partial charge in [0.1, 0.15) is 48.0 Å². The summed E-state index contributed by atoms with van der Waals surface area (Å²) in [7, 11) is 0. The summed E-state index contributed by atoms with van der Waals surface area (Å²) in [6, 6.07) is 20.0. The predicted octanol–water partition coefficient (Wildman–Crippen LogP) is 1.27. The minimum absolute atomic E-state index is 0.00958. The van der Waals surface area contributed by atoms with Crippen molar-refractivity contribution in [1.29, 1.82) is 0 Å². The van der Waals surface area contributed by atoms with Crippen molar-refractivity contribution < 1.29 is 43.5 Å². The van der Waals surface area contributed by atoms with Gasteiger partial charge in [-0.3, -0.25) is 38.4 Å². The molecule has 23 heteroatoms. The highest BCUT2D eigenvalue weighted by molar-refractivity contribution is 5.99. The number of nitrogens with two attached hydrogens (primary N) is 3. The van der Waals surface area contributed by atoms with Gasteiger partial charge in [-0.25, -0.2) is 4.98 Å². The van der Waals surface area contributed by atoms with Crippen LogP contribution in [0.4, 0.5) is 0 Å². The number of aromatic amines is 3. The first-order chi connectivity index (χ1) is 39.4. The molecule has 0 bridgehead atoms. The molecule has 0 aliphatic rings. The Balaban J connectivity index is 1.11. The zero-order valence-electron chi connectivity index (χ0n) is 45.9. The van der Waals surface area contributed by atoms with E-state index in [0.29, 0.717) is 53.0 Å². The summed E-state index contributed by atoms with van der Waals surface area (Å²) in [5.41, 5.74) is 23.0. The van der Waals surface area contributed by atoms with E-state index in [1.54, 1.807) is 48.7 Å². The number of amides is 8.